The summed E-state index contributed by atoms with van der Waals surface area (Å²) in [5.74, 6) is 1.07. The Morgan fingerprint density at radius 1 is 1.35 bits per heavy atom. The summed E-state index contributed by atoms with van der Waals surface area (Å²) in [6.07, 6.45) is 0. The van der Waals surface area contributed by atoms with Crippen LogP contribution in [0.3, 0.4) is 0 Å². The van der Waals surface area contributed by atoms with Crippen LogP contribution in [0.5, 0.6) is 0 Å². The molecule has 4 nitrogen and oxygen atoms in total. The van der Waals surface area contributed by atoms with E-state index in [1.165, 1.54) is 4.70 Å². The minimum atomic E-state index is -0.330. The molecule has 0 aliphatic carbocycles. The number of hydrogen-bond donors (Lipinski definition) is 1. The smallest absolute Gasteiger partial charge is 0.223 e. The number of aryl methyl sites for hydroxylation is 1. The van der Waals surface area contributed by atoms with E-state index in [9.17, 15) is 0 Å². The Morgan fingerprint density at radius 2 is 2.18 bits per heavy atom. The molecule has 86 valence electrons. The summed E-state index contributed by atoms with van der Waals surface area (Å²) >= 11 is 1.68. The predicted molar refractivity (Wildman–Crippen MR) is 66.9 cm³/mol. The highest BCUT2D eigenvalue weighted by molar-refractivity contribution is 7.17. The third-order valence-electron chi connectivity index (χ3n) is 2.67. The number of fused-ring (bicyclic) bond motifs is 1. The van der Waals surface area contributed by atoms with Gasteiger partial charge in [-0.3, -0.25) is 0 Å². The van der Waals surface area contributed by atoms with Crippen molar-refractivity contribution < 1.29 is 4.52 Å². The van der Waals surface area contributed by atoms with Gasteiger partial charge in [0, 0.05) is 11.6 Å². The molecule has 0 saturated carbocycles. The van der Waals surface area contributed by atoms with Gasteiger partial charge in [0.25, 0.3) is 0 Å². The van der Waals surface area contributed by atoms with Gasteiger partial charge in [-0.1, -0.05) is 23.4 Å². The average molecular weight is 245 g/mol. The van der Waals surface area contributed by atoms with Crippen molar-refractivity contribution in [2.24, 2.45) is 5.73 Å². The van der Waals surface area contributed by atoms with Crippen LogP contribution in [-0.2, 0) is 0 Å². The fourth-order valence-corrected chi connectivity index (χ4v) is 2.82. The zero-order valence-corrected chi connectivity index (χ0v) is 10.1. The van der Waals surface area contributed by atoms with Crippen LogP contribution in [0.25, 0.3) is 10.1 Å². The molecule has 0 bridgehead atoms. The van der Waals surface area contributed by atoms with Crippen LogP contribution in [0.4, 0.5) is 0 Å². The predicted octanol–water partition coefficient (Wildman–Crippen LogP) is 2.64. The van der Waals surface area contributed by atoms with Crippen LogP contribution in [0.15, 0.2) is 34.2 Å². The van der Waals surface area contributed by atoms with Crippen LogP contribution < -0.4 is 5.73 Å². The van der Waals surface area contributed by atoms with E-state index in [-0.39, 0.29) is 6.04 Å². The van der Waals surface area contributed by atoms with Gasteiger partial charge in [-0.25, -0.2) is 0 Å². The summed E-state index contributed by atoms with van der Waals surface area (Å²) < 4.78 is 6.18. The van der Waals surface area contributed by atoms with E-state index >= 15 is 0 Å². The molecule has 17 heavy (non-hydrogen) atoms. The molecule has 1 atom stereocenters. The van der Waals surface area contributed by atoms with E-state index in [1.807, 2.05) is 12.1 Å². The quantitative estimate of drug-likeness (QED) is 0.753. The molecule has 0 fully saturated rings. The highest BCUT2D eigenvalue weighted by atomic mass is 32.1. The lowest BCUT2D eigenvalue weighted by Crippen LogP contribution is -2.13. The molecular weight excluding hydrogens is 234 g/mol. The molecule has 5 heteroatoms. The molecule has 0 radical (unpaired) electrons. The van der Waals surface area contributed by atoms with Crippen LogP contribution >= 0.6 is 11.3 Å². The minimum absolute atomic E-state index is 0.330. The SMILES string of the molecule is Cc1nc(C(N)c2csc3ccccc23)no1. The monoisotopic (exact) mass is 245 g/mol. The summed E-state index contributed by atoms with van der Waals surface area (Å²) in [6.45, 7) is 1.76. The van der Waals surface area contributed by atoms with Crippen molar-refractivity contribution in [2.45, 2.75) is 13.0 Å². The fourth-order valence-electron chi connectivity index (χ4n) is 1.82. The van der Waals surface area contributed by atoms with Crippen molar-refractivity contribution in [2.75, 3.05) is 0 Å². The number of nitrogens with two attached hydrogens (primary N) is 1. The summed E-state index contributed by atoms with van der Waals surface area (Å²) in [7, 11) is 0. The Morgan fingerprint density at radius 3 is 2.94 bits per heavy atom. The van der Waals surface area contributed by atoms with Crippen molar-refractivity contribution in [3.8, 4) is 0 Å². The van der Waals surface area contributed by atoms with Crippen molar-refractivity contribution in [3.63, 3.8) is 0 Å². The Bertz CT molecular complexity index is 658. The normalized spacial score (nSPS) is 13.1. The average Bonchev–Trinajstić information content (AvgIpc) is 2.94. The van der Waals surface area contributed by atoms with Crippen molar-refractivity contribution in [1.82, 2.24) is 10.1 Å². The van der Waals surface area contributed by atoms with Crippen LogP contribution in [0.1, 0.15) is 23.3 Å². The first-order valence-corrected chi connectivity index (χ1v) is 6.15. The van der Waals surface area contributed by atoms with E-state index in [0.29, 0.717) is 11.7 Å². The third-order valence-corrected chi connectivity index (χ3v) is 3.65. The molecular formula is C12H11N3OS. The van der Waals surface area contributed by atoms with Gasteiger partial charge < -0.3 is 10.3 Å². The van der Waals surface area contributed by atoms with Crippen LogP contribution in [0, 0.1) is 6.92 Å². The van der Waals surface area contributed by atoms with Gasteiger partial charge in [0.05, 0.1) is 6.04 Å². The van der Waals surface area contributed by atoms with Gasteiger partial charge in [-0.05, 0) is 22.4 Å². The lowest BCUT2D eigenvalue weighted by Gasteiger charge is -2.05. The molecule has 2 N–H and O–H groups in total. The van der Waals surface area contributed by atoms with Crippen LogP contribution in [-0.4, -0.2) is 10.1 Å². The van der Waals surface area contributed by atoms with E-state index < -0.39 is 0 Å². The van der Waals surface area contributed by atoms with Crippen molar-refractivity contribution in [1.29, 1.82) is 0 Å². The Balaban J connectivity index is 2.09. The first kappa shape index (κ1) is 10.4. The molecule has 1 unspecified atom stereocenters. The van der Waals surface area contributed by atoms with Crippen molar-refractivity contribution >= 4 is 21.4 Å². The standard InChI is InChI=1S/C12H11N3OS/c1-7-14-12(15-16-7)11(13)9-6-17-10-5-3-2-4-8(9)10/h2-6,11H,13H2,1H3. The second kappa shape index (κ2) is 3.94. The first-order chi connectivity index (χ1) is 8.25. The Hall–Kier alpha value is -1.72. The fraction of sp³-hybridized carbons (Fsp3) is 0.167. The largest absolute Gasteiger partial charge is 0.340 e. The number of benzene rings is 1. The molecule has 0 aliphatic heterocycles. The lowest BCUT2D eigenvalue weighted by atomic mass is 10.1. The van der Waals surface area contributed by atoms with E-state index in [4.69, 9.17) is 10.3 Å². The molecule has 2 heterocycles. The maximum absolute atomic E-state index is 6.16. The molecule has 3 rings (SSSR count). The molecule has 0 spiro atoms. The third kappa shape index (κ3) is 1.73. The molecule has 3 aromatic rings. The second-order valence-corrected chi connectivity index (χ2v) is 4.75. The molecule has 0 amide bonds. The molecule has 0 aliphatic rings. The van der Waals surface area contributed by atoms with Gasteiger partial charge in [-0.2, -0.15) is 4.98 Å². The topological polar surface area (TPSA) is 64.9 Å². The molecule has 2 aromatic heterocycles. The van der Waals surface area contributed by atoms with Gasteiger partial charge in [0.15, 0.2) is 5.82 Å². The van der Waals surface area contributed by atoms with Crippen molar-refractivity contribution in [3.05, 3.63) is 46.9 Å². The highest BCUT2D eigenvalue weighted by Gasteiger charge is 2.18. The number of hydrogen-bond acceptors (Lipinski definition) is 5. The Labute approximate surface area is 102 Å². The number of thiophene rings is 1. The summed E-state index contributed by atoms with van der Waals surface area (Å²) in [5.41, 5.74) is 7.21. The van der Waals surface area contributed by atoms with Gasteiger partial charge in [-0.15, -0.1) is 11.3 Å². The maximum Gasteiger partial charge on any atom is 0.223 e. The van der Waals surface area contributed by atoms with Gasteiger partial charge >= 0.3 is 0 Å². The summed E-state index contributed by atoms with van der Waals surface area (Å²) in [5, 5.41) is 7.09. The van der Waals surface area contributed by atoms with E-state index in [2.05, 4.69) is 27.7 Å². The maximum atomic E-state index is 6.16. The first-order valence-electron chi connectivity index (χ1n) is 5.27. The van der Waals surface area contributed by atoms with Gasteiger partial charge in [0.1, 0.15) is 0 Å². The highest BCUT2D eigenvalue weighted by Crippen LogP contribution is 2.31. The zero-order valence-electron chi connectivity index (χ0n) is 9.25. The number of aromatic nitrogens is 2. The molecule has 1 aromatic carbocycles. The summed E-state index contributed by atoms with van der Waals surface area (Å²) in [4.78, 5) is 4.18. The molecule has 0 saturated heterocycles. The van der Waals surface area contributed by atoms with E-state index in [1.54, 1.807) is 18.3 Å². The zero-order chi connectivity index (χ0) is 11.8. The lowest BCUT2D eigenvalue weighted by molar-refractivity contribution is 0.385. The second-order valence-electron chi connectivity index (χ2n) is 3.84. The Kier molecular flexibility index (Phi) is 2.42. The summed E-state index contributed by atoms with van der Waals surface area (Å²) in [6, 6.07) is 7.84. The number of nitrogens with zero attached hydrogens (tertiary/aromatic N) is 2. The van der Waals surface area contributed by atoms with Gasteiger partial charge in [0.2, 0.25) is 5.89 Å². The van der Waals surface area contributed by atoms with E-state index in [0.717, 1.165) is 10.9 Å². The number of rotatable bonds is 2. The van der Waals surface area contributed by atoms with Crippen LogP contribution in [0.2, 0.25) is 0 Å². The minimum Gasteiger partial charge on any atom is -0.340 e.